The number of nitriles is 1. The maximum absolute atomic E-state index is 15.2. The lowest BCUT2D eigenvalue weighted by Gasteiger charge is -2.37. The Balaban J connectivity index is 1.32. The summed E-state index contributed by atoms with van der Waals surface area (Å²) in [5.74, 6) is 0.265. The van der Waals surface area contributed by atoms with E-state index in [-0.39, 0.29) is 25.6 Å². The van der Waals surface area contributed by atoms with Crippen molar-refractivity contribution in [3.05, 3.63) is 48.0 Å². The Kier molecular flexibility index (Phi) is 4.86. The highest BCUT2D eigenvalue weighted by Crippen LogP contribution is 2.30. The van der Waals surface area contributed by atoms with Gasteiger partial charge in [0.1, 0.15) is 36.0 Å². The summed E-state index contributed by atoms with van der Waals surface area (Å²) in [4.78, 5) is 25.0. The second-order valence-electron chi connectivity index (χ2n) is 7.66. The van der Waals surface area contributed by atoms with Crippen molar-refractivity contribution in [3.63, 3.8) is 0 Å². The van der Waals surface area contributed by atoms with Gasteiger partial charge in [-0.05, 0) is 12.5 Å². The molecular weight excluding hydrogens is 401 g/mol. The molecule has 5 rings (SSSR count). The average Bonchev–Trinajstić information content (AvgIpc) is 3.17. The van der Waals surface area contributed by atoms with Crippen LogP contribution in [-0.4, -0.2) is 62.8 Å². The van der Waals surface area contributed by atoms with Crippen molar-refractivity contribution in [1.29, 1.82) is 5.26 Å². The van der Waals surface area contributed by atoms with Gasteiger partial charge in [-0.1, -0.05) is 0 Å². The smallest absolute Gasteiger partial charge is 0.229 e. The van der Waals surface area contributed by atoms with Crippen molar-refractivity contribution in [1.82, 2.24) is 24.5 Å². The van der Waals surface area contributed by atoms with Crippen LogP contribution in [0.1, 0.15) is 17.5 Å². The normalized spacial score (nSPS) is 21.2. The van der Waals surface area contributed by atoms with Crippen LogP contribution in [0.5, 0.6) is 5.75 Å². The summed E-state index contributed by atoms with van der Waals surface area (Å²) >= 11 is 0. The molecule has 1 amide bonds. The number of fused-ring (bicyclic) bond motifs is 2. The number of halogens is 1. The Bertz CT molecular complexity index is 1170. The third kappa shape index (κ3) is 3.42. The molecular formula is C21H20FN7O2. The van der Waals surface area contributed by atoms with Gasteiger partial charge in [-0.2, -0.15) is 14.9 Å². The van der Waals surface area contributed by atoms with Gasteiger partial charge >= 0.3 is 0 Å². The number of alkyl halides is 1. The van der Waals surface area contributed by atoms with E-state index in [1.54, 1.807) is 40.1 Å². The maximum Gasteiger partial charge on any atom is 0.229 e. The Morgan fingerprint density at radius 2 is 2.16 bits per heavy atom. The van der Waals surface area contributed by atoms with E-state index >= 15 is 4.39 Å². The summed E-state index contributed by atoms with van der Waals surface area (Å²) in [7, 11) is 0. The molecule has 10 heteroatoms. The third-order valence-corrected chi connectivity index (χ3v) is 5.82. The fraction of sp³-hybridized carbons (Fsp3) is 0.381. The van der Waals surface area contributed by atoms with E-state index in [0.717, 1.165) is 5.82 Å². The average molecular weight is 421 g/mol. The summed E-state index contributed by atoms with van der Waals surface area (Å²) in [6, 6.07) is 5.65. The molecule has 158 valence electrons. The molecule has 3 aromatic heterocycles. The molecule has 31 heavy (non-hydrogen) atoms. The van der Waals surface area contributed by atoms with Gasteiger partial charge in [-0.15, -0.1) is 0 Å². The van der Waals surface area contributed by atoms with Crippen molar-refractivity contribution in [2.45, 2.75) is 19.1 Å². The third-order valence-electron chi connectivity index (χ3n) is 5.82. The molecule has 2 aliphatic heterocycles. The monoisotopic (exact) mass is 421 g/mol. The summed E-state index contributed by atoms with van der Waals surface area (Å²) < 4.78 is 22.6. The number of hydrogen-bond donors (Lipinski definition) is 0. The zero-order valence-corrected chi connectivity index (χ0v) is 16.7. The van der Waals surface area contributed by atoms with Crippen LogP contribution in [0.15, 0.2) is 36.9 Å². The number of carbonyl (C=O) groups excluding carboxylic acids is 1. The van der Waals surface area contributed by atoms with Crippen molar-refractivity contribution in [2.75, 3.05) is 31.1 Å². The summed E-state index contributed by atoms with van der Waals surface area (Å²) in [5, 5.41) is 13.5. The van der Waals surface area contributed by atoms with Gasteiger partial charge in [0.15, 0.2) is 5.65 Å². The molecule has 2 aliphatic rings. The minimum atomic E-state index is -1.31. The lowest BCUT2D eigenvalue weighted by atomic mass is 9.93. The van der Waals surface area contributed by atoms with Gasteiger partial charge < -0.3 is 14.5 Å². The number of amides is 1. The summed E-state index contributed by atoms with van der Waals surface area (Å²) in [6.45, 7) is 1.49. The topological polar surface area (TPSA) is 99.6 Å². The molecule has 9 nitrogen and oxygen atoms in total. The molecule has 5 heterocycles. The number of hydrogen-bond acceptors (Lipinski definition) is 7. The fourth-order valence-electron chi connectivity index (χ4n) is 4.27. The minimum absolute atomic E-state index is 0.108. The number of anilines is 1. The summed E-state index contributed by atoms with van der Waals surface area (Å²) in [5.41, 5.74) is 1.70. The Morgan fingerprint density at radius 1 is 1.26 bits per heavy atom. The van der Waals surface area contributed by atoms with Gasteiger partial charge in [-0.3, -0.25) is 9.78 Å². The molecule has 0 spiro atoms. The van der Waals surface area contributed by atoms with Crippen molar-refractivity contribution >= 4 is 17.4 Å². The van der Waals surface area contributed by atoms with Crippen molar-refractivity contribution < 1.29 is 13.9 Å². The molecule has 1 fully saturated rings. The largest absolute Gasteiger partial charge is 0.490 e. The van der Waals surface area contributed by atoms with Gasteiger partial charge in [-0.25, -0.2) is 9.37 Å². The molecule has 0 bridgehead atoms. The Hall–Kier alpha value is -3.74. The predicted molar refractivity (Wildman–Crippen MR) is 108 cm³/mol. The van der Waals surface area contributed by atoms with E-state index < -0.39 is 12.1 Å². The molecule has 0 N–H and O–H groups in total. The number of ether oxygens (including phenoxy) is 1. The Morgan fingerprint density at radius 3 is 3.00 bits per heavy atom. The van der Waals surface area contributed by atoms with E-state index in [0.29, 0.717) is 42.0 Å². The van der Waals surface area contributed by atoms with E-state index in [4.69, 9.17) is 4.74 Å². The number of piperidine rings is 1. The lowest BCUT2D eigenvalue weighted by molar-refractivity contribution is -0.139. The second kappa shape index (κ2) is 7.83. The first-order chi connectivity index (χ1) is 15.2. The molecule has 2 atom stereocenters. The Labute approximate surface area is 177 Å². The van der Waals surface area contributed by atoms with Gasteiger partial charge in [0.2, 0.25) is 5.91 Å². The maximum atomic E-state index is 15.2. The number of rotatable bonds is 2. The molecule has 0 aromatic carbocycles. The van der Waals surface area contributed by atoms with E-state index in [2.05, 4.69) is 21.1 Å². The number of aromatic nitrogens is 4. The van der Waals surface area contributed by atoms with E-state index in [9.17, 15) is 10.1 Å². The second-order valence-corrected chi connectivity index (χ2v) is 7.66. The SMILES string of the molecule is N#Cc1cncc2c1OCCN(C(=O)C1CCN(c3ccnc4ccnn34)C[C@@H]1F)C2. The first kappa shape index (κ1) is 19.2. The highest BCUT2D eigenvalue weighted by atomic mass is 19.1. The molecule has 1 unspecified atom stereocenters. The van der Waals surface area contributed by atoms with Crippen LogP contribution in [0, 0.1) is 17.2 Å². The number of carbonyl (C=O) groups is 1. The first-order valence-corrected chi connectivity index (χ1v) is 10.1. The number of nitrogens with zero attached hydrogens (tertiary/aromatic N) is 7. The zero-order chi connectivity index (χ0) is 21.4. The zero-order valence-electron chi connectivity index (χ0n) is 16.7. The van der Waals surface area contributed by atoms with Crippen LogP contribution in [0.25, 0.3) is 5.65 Å². The number of pyridine rings is 1. The lowest BCUT2D eigenvalue weighted by Crippen LogP contribution is -2.49. The van der Waals surface area contributed by atoms with Crippen LogP contribution < -0.4 is 9.64 Å². The van der Waals surface area contributed by atoms with Crippen LogP contribution in [0.4, 0.5) is 10.2 Å². The highest BCUT2D eigenvalue weighted by molar-refractivity contribution is 5.80. The van der Waals surface area contributed by atoms with Gasteiger partial charge in [0.25, 0.3) is 0 Å². The summed E-state index contributed by atoms with van der Waals surface area (Å²) in [6.07, 6.45) is 5.45. The quantitative estimate of drug-likeness (QED) is 0.619. The van der Waals surface area contributed by atoms with Crippen LogP contribution in [-0.2, 0) is 11.3 Å². The fourth-order valence-corrected chi connectivity index (χ4v) is 4.27. The molecule has 0 aliphatic carbocycles. The molecule has 1 saturated heterocycles. The van der Waals surface area contributed by atoms with Gasteiger partial charge in [0.05, 0.1) is 31.7 Å². The van der Waals surface area contributed by atoms with E-state index in [1.807, 2.05) is 4.90 Å². The molecule has 0 saturated carbocycles. The van der Waals surface area contributed by atoms with Crippen LogP contribution in [0.3, 0.4) is 0 Å². The molecule has 0 radical (unpaired) electrons. The van der Waals surface area contributed by atoms with Crippen molar-refractivity contribution in [2.24, 2.45) is 5.92 Å². The van der Waals surface area contributed by atoms with Crippen LogP contribution >= 0.6 is 0 Å². The highest BCUT2D eigenvalue weighted by Gasteiger charge is 2.38. The van der Waals surface area contributed by atoms with Crippen LogP contribution in [0.2, 0.25) is 0 Å². The predicted octanol–water partition coefficient (Wildman–Crippen LogP) is 1.58. The molecule has 3 aromatic rings. The van der Waals surface area contributed by atoms with Gasteiger partial charge in [0, 0.05) is 36.8 Å². The van der Waals surface area contributed by atoms with Crippen molar-refractivity contribution in [3.8, 4) is 11.8 Å². The minimum Gasteiger partial charge on any atom is -0.490 e. The first-order valence-electron chi connectivity index (χ1n) is 10.1. The standard InChI is InChI=1S/C21H20FN7O2/c22-17-13-27(19-2-4-25-18-1-5-26-29(18)19)6-3-16(17)21(30)28-7-8-31-20-14(9-23)10-24-11-15(20)12-28/h1-2,4-5,10-11,16-17H,3,6-8,12-13H2/t16?,17-/m0/s1. The van der Waals surface area contributed by atoms with E-state index in [1.165, 1.54) is 6.20 Å².